The van der Waals surface area contributed by atoms with Crippen molar-refractivity contribution < 1.29 is 13.9 Å². The van der Waals surface area contributed by atoms with E-state index in [1.54, 1.807) is 42.5 Å². The summed E-state index contributed by atoms with van der Waals surface area (Å²) < 4.78 is 20.0. The lowest BCUT2D eigenvalue weighted by atomic mass is 10.0. The zero-order valence-corrected chi connectivity index (χ0v) is 20.2. The molecule has 4 aromatic rings. The Bertz CT molecular complexity index is 1290. The Labute approximate surface area is 207 Å². The van der Waals surface area contributed by atoms with E-state index in [0.29, 0.717) is 33.3 Å². The minimum atomic E-state index is -0.340. The molecule has 0 aliphatic heterocycles. The van der Waals surface area contributed by atoms with E-state index >= 15 is 0 Å². The first-order valence-electron chi connectivity index (χ1n) is 10.9. The largest absolute Gasteiger partial charge is 0.457 e. The van der Waals surface area contributed by atoms with Gasteiger partial charge in [-0.15, -0.1) is 0 Å². The molecule has 0 aliphatic carbocycles. The molecule has 1 N–H and O–H groups in total. The van der Waals surface area contributed by atoms with E-state index in [0.717, 1.165) is 11.3 Å². The number of hydrogen-bond acceptors (Lipinski definition) is 2. The van der Waals surface area contributed by atoms with E-state index < -0.39 is 0 Å². The van der Waals surface area contributed by atoms with Gasteiger partial charge >= 0.3 is 0 Å². The van der Waals surface area contributed by atoms with Crippen LogP contribution < -0.4 is 10.1 Å². The summed E-state index contributed by atoms with van der Waals surface area (Å²) in [5.41, 5.74) is 2.90. The number of anilines is 1. The number of thiol groups is 1. The Morgan fingerprint density at radius 1 is 0.971 bits per heavy atom. The molecule has 172 valence electrons. The van der Waals surface area contributed by atoms with Crippen LogP contribution in [0.5, 0.6) is 11.5 Å². The van der Waals surface area contributed by atoms with E-state index in [2.05, 4.69) is 24.4 Å². The summed E-state index contributed by atoms with van der Waals surface area (Å²) in [6, 6.07) is 26.7. The van der Waals surface area contributed by atoms with E-state index in [1.165, 1.54) is 28.8 Å². The highest BCUT2D eigenvalue weighted by Gasteiger charge is 2.13. The van der Waals surface area contributed by atoms with Crippen LogP contribution in [0, 0.1) is 5.82 Å². The van der Waals surface area contributed by atoms with Gasteiger partial charge in [0, 0.05) is 34.1 Å². The fourth-order valence-electron chi connectivity index (χ4n) is 3.53. The fraction of sp³-hybridized carbons (Fsp3) is 0.107. The third-order valence-electron chi connectivity index (χ3n) is 5.07. The first-order valence-corrected chi connectivity index (χ1v) is 12.4. The van der Waals surface area contributed by atoms with Crippen molar-refractivity contribution in [2.24, 2.45) is 0 Å². The first kappa shape index (κ1) is 23.9. The van der Waals surface area contributed by atoms with E-state index in [1.807, 2.05) is 24.3 Å². The average Bonchev–Trinajstić information content (AvgIpc) is 2.81. The second-order valence-electron chi connectivity index (χ2n) is 7.65. The molecule has 0 heterocycles. The van der Waals surface area contributed by atoms with Crippen LogP contribution in [0.2, 0.25) is 5.02 Å². The van der Waals surface area contributed by atoms with Crippen molar-refractivity contribution in [3.8, 4) is 22.6 Å². The minimum Gasteiger partial charge on any atom is -0.457 e. The summed E-state index contributed by atoms with van der Waals surface area (Å²) in [4.78, 5) is 13.9. The maximum atomic E-state index is 13.9. The summed E-state index contributed by atoms with van der Waals surface area (Å²) in [7, 11) is 0. The zero-order valence-electron chi connectivity index (χ0n) is 18.6. The molecular formula is C28H24ClFNO2S+. The van der Waals surface area contributed by atoms with Gasteiger partial charge in [-0.2, -0.15) is 0 Å². The molecule has 1 amide bonds. The predicted octanol–water partition coefficient (Wildman–Crippen LogP) is 7.31. The quantitative estimate of drug-likeness (QED) is 0.207. The second kappa shape index (κ2) is 11.2. The van der Waals surface area contributed by atoms with Gasteiger partial charge in [0.15, 0.2) is 4.90 Å². The normalized spacial score (nSPS) is 10.7. The predicted molar refractivity (Wildman–Crippen MR) is 140 cm³/mol. The van der Waals surface area contributed by atoms with Gasteiger partial charge in [0.05, 0.1) is 6.42 Å². The zero-order chi connectivity index (χ0) is 23.9. The molecule has 0 bridgehead atoms. The van der Waals surface area contributed by atoms with E-state index in [9.17, 15) is 9.18 Å². The number of amides is 1. The Hall–Kier alpha value is -3.28. The number of carbonyl (C=O) groups is 1. The average molecular weight is 493 g/mol. The Balaban J connectivity index is 1.57. The van der Waals surface area contributed by atoms with Crippen molar-refractivity contribution in [1.82, 2.24) is 0 Å². The molecule has 0 aliphatic rings. The van der Waals surface area contributed by atoms with Crippen molar-refractivity contribution in [1.29, 1.82) is 0 Å². The van der Waals surface area contributed by atoms with Crippen molar-refractivity contribution in [3.63, 3.8) is 0 Å². The number of benzene rings is 4. The highest BCUT2D eigenvalue weighted by Crippen LogP contribution is 2.36. The summed E-state index contributed by atoms with van der Waals surface area (Å²) in [6.45, 7) is 2.13. The molecule has 0 saturated carbocycles. The molecule has 0 spiro atoms. The maximum Gasteiger partial charge on any atom is 0.228 e. The molecule has 4 rings (SSSR count). The van der Waals surface area contributed by atoms with Gasteiger partial charge < -0.3 is 10.1 Å². The van der Waals surface area contributed by atoms with Crippen LogP contribution in [-0.4, -0.2) is 11.7 Å². The van der Waals surface area contributed by atoms with Crippen LogP contribution in [0.3, 0.4) is 0 Å². The summed E-state index contributed by atoms with van der Waals surface area (Å²) in [6.07, 6.45) is 0.263. The van der Waals surface area contributed by atoms with Crippen LogP contribution in [0.4, 0.5) is 10.1 Å². The lowest BCUT2D eigenvalue weighted by molar-refractivity contribution is -0.115. The molecule has 3 nitrogen and oxygen atoms in total. The molecule has 0 unspecified atom stereocenters. The highest BCUT2D eigenvalue weighted by atomic mass is 35.5. The van der Waals surface area contributed by atoms with Crippen molar-refractivity contribution in [3.05, 3.63) is 107 Å². The molecular weight excluding hydrogens is 469 g/mol. The maximum absolute atomic E-state index is 13.9. The van der Waals surface area contributed by atoms with Gasteiger partial charge in [0.25, 0.3) is 0 Å². The standard InChI is InChI=1S/C28H23ClFNO2S/c1-2-34-25-12-9-19(10-13-25)15-28(32)31-23-11-14-26(20-5-3-7-22(30)16-20)27(18-23)33-24-8-4-6-21(29)17-24/h3-14,16-18H,2,15H2,1H3,(H,31,32)/p+1. The Morgan fingerprint density at radius 3 is 2.50 bits per heavy atom. The highest BCUT2D eigenvalue weighted by molar-refractivity contribution is 7.78. The number of rotatable bonds is 8. The summed E-state index contributed by atoms with van der Waals surface area (Å²) >= 11 is 7.38. The molecule has 0 aromatic heterocycles. The van der Waals surface area contributed by atoms with Crippen LogP contribution in [0.25, 0.3) is 11.1 Å². The smallest absolute Gasteiger partial charge is 0.228 e. The number of ether oxygens (including phenoxy) is 1. The van der Waals surface area contributed by atoms with Crippen LogP contribution >= 0.6 is 11.6 Å². The van der Waals surface area contributed by atoms with Gasteiger partial charge in [-0.25, -0.2) is 4.39 Å². The van der Waals surface area contributed by atoms with Gasteiger partial charge in [0.2, 0.25) is 5.91 Å². The van der Waals surface area contributed by atoms with Gasteiger partial charge in [-0.05, 0) is 72.6 Å². The number of nitrogens with one attached hydrogen (secondary N) is 1. The molecule has 4 aromatic carbocycles. The second-order valence-corrected chi connectivity index (χ2v) is 9.55. The molecule has 0 fully saturated rings. The third kappa shape index (κ3) is 6.40. The van der Waals surface area contributed by atoms with Crippen molar-refractivity contribution in [2.75, 3.05) is 11.1 Å². The van der Waals surface area contributed by atoms with E-state index in [-0.39, 0.29) is 18.1 Å². The Kier molecular flexibility index (Phi) is 7.88. The van der Waals surface area contributed by atoms with Crippen LogP contribution in [-0.2, 0) is 23.0 Å². The SMILES string of the molecule is CC[SH+]c1ccc(CC(=O)Nc2ccc(-c3cccc(F)c3)c(Oc3cccc(Cl)c3)c2)cc1. The van der Waals surface area contributed by atoms with E-state index in [4.69, 9.17) is 16.3 Å². The van der Waals surface area contributed by atoms with Crippen LogP contribution in [0.1, 0.15) is 12.5 Å². The van der Waals surface area contributed by atoms with Crippen molar-refractivity contribution in [2.45, 2.75) is 18.2 Å². The summed E-state index contributed by atoms with van der Waals surface area (Å²) in [5.74, 6) is 1.61. The number of hydrogen-bond donors (Lipinski definition) is 1. The Morgan fingerprint density at radius 2 is 1.76 bits per heavy atom. The number of carbonyl (C=O) groups excluding carboxylic acids is 1. The topological polar surface area (TPSA) is 38.3 Å². The fourth-order valence-corrected chi connectivity index (χ4v) is 4.43. The molecule has 0 atom stereocenters. The first-order chi connectivity index (χ1) is 16.5. The number of halogens is 2. The van der Waals surface area contributed by atoms with Crippen molar-refractivity contribution >= 4 is 35.0 Å². The van der Waals surface area contributed by atoms with Gasteiger partial charge in [-0.1, -0.05) is 41.9 Å². The third-order valence-corrected chi connectivity index (χ3v) is 6.28. The monoisotopic (exact) mass is 492 g/mol. The van der Waals surface area contributed by atoms with Crippen LogP contribution in [0.15, 0.2) is 95.9 Å². The van der Waals surface area contributed by atoms with Gasteiger partial charge in [0.1, 0.15) is 23.1 Å². The summed E-state index contributed by atoms with van der Waals surface area (Å²) in [5, 5.41) is 3.48. The van der Waals surface area contributed by atoms with Gasteiger partial charge in [-0.3, -0.25) is 4.79 Å². The lowest BCUT2D eigenvalue weighted by Gasteiger charge is -2.14. The molecule has 0 radical (unpaired) electrons. The molecule has 34 heavy (non-hydrogen) atoms. The lowest BCUT2D eigenvalue weighted by Crippen LogP contribution is -2.14. The minimum absolute atomic E-state index is 0.131. The molecule has 6 heteroatoms. The molecule has 0 saturated heterocycles.